The molecule has 0 aliphatic carbocycles. The first-order valence-corrected chi connectivity index (χ1v) is 5.53. The Morgan fingerprint density at radius 1 is 1.62 bits per heavy atom. The van der Waals surface area contributed by atoms with E-state index in [0.717, 1.165) is 10.7 Å². The summed E-state index contributed by atoms with van der Waals surface area (Å²) in [5, 5.41) is 13.1. The lowest BCUT2D eigenvalue weighted by Gasteiger charge is -2.07. The second kappa shape index (κ2) is 4.09. The van der Waals surface area contributed by atoms with Gasteiger partial charge >= 0.3 is 5.97 Å². The van der Waals surface area contributed by atoms with Crippen LogP contribution in [0.1, 0.15) is 12.6 Å². The van der Waals surface area contributed by atoms with E-state index in [9.17, 15) is 4.79 Å². The van der Waals surface area contributed by atoms with Crippen molar-refractivity contribution in [2.75, 3.05) is 0 Å². The van der Waals surface area contributed by atoms with Crippen LogP contribution in [0.25, 0.3) is 5.78 Å². The van der Waals surface area contributed by atoms with Crippen LogP contribution >= 0.6 is 11.8 Å². The summed E-state index contributed by atoms with van der Waals surface area (Å²) in [4.78, 5) is 18.9. The third kappa shape index (κ3) is 1.99. The molecule has 0 fully saturated rings. The number of carboxylic acids is 1. The minimum atomic E-state index is -0.854. The molecule has 1 atom stereocenters. The molecular weight excluding hydrogens is 228 g/mol. The standard InChI is InChI=1S/C9H10N4O2S/c1-5-3-7(16-6(2)8(14)15)13-9(12-5)10-4-11-13/h3-4,6H,1-2H3,(H,14,15). The van der Waals surface area contributed by atoms with Crippen LogP contribution in [0, 0.1) is 6.92 Å². The van der Waals surface area contributed by atoms with E-state index in [-0.39, 0.29) is 0 Å². The summed E-state index contributed by atoms with van der Waals surface area (Å²) in [6, 6.07) is 1.80. The van der Waals surface area contributed by atoms with Crippen LogP contribution < -0.4 is 0 Å². The van der Waals surface area contributed by atoms with Gasteiger partial charge in [0.05, 0.1) is 0 Å². The van der Waals surface area contributed by atoms with E-state index in [1.54, 1.807) is 13.0 Å². The predicted octanol–water partition coefficient (Wildman–Crippen LogP) is 0.998. The van der Waals surface area contributed by atoms with E-state index < -0.39 is 11.2 Å². The lowest BCUT2D eigenvalue weighted by atomic mass is 10.5. The Morgan fingerprint density at radius 2 is 2.38 bits per heavy atom. The van der Waals surface area contributed by atoms with E-state index in [0.29, 0.717) is 5.78 Å². The molecule has 0 spiro atoms. The van der Waals surface area contributed by atoms with Crippen molar-refractivity contribution in [2.24, 2.45) is 0 Å². The molecule has 2 rings (SSSR count). The average Bonchev–Trinajstić information content (AvgIpc) is 2.65. The summed E-state index contributed by atoms with van der Waals surface area (Å²) in [6.07, 6.45) is 1.40. The maximum absolute atomic E-state index is 10.8. The van der Waals surface area contributed by atoms with E-state index in [2.05, 4.69) is 15.1 Å². The van der Waals surface area contributed by atoms with Crippen molar-refractivity contribution >= 4 is 23.5 Å². The maximum atomic E-state index is 10.8. The van der Waals surface area contributed by atoms with Gasteiger partial charge in [0.15, 0.2) is 0 Å². The van der Waals surface area contributed by atoms with Gasteiger partial charge in [-0.3, -0.25) is 4.79 Å². The highest BCUT2D eigenvalue weighted by atomic mass is 32.2. The minimum Gasteiger partial charge on any atom is -0.480 e. The number of nitrogens with zero attached hydrogens (tertiary/aromatic N) is 4. The van der Waals surface area contributed by atoms with E-state index in [1.807, 2.05) is 6.92 Å². The molecule has 7 heteroatoms. The average molecular weight is 238 g/mol. The fourth-order valence-electron chi connectivity index (χ4n) is 1.21. The van der Waals surface area contributed by atoms with Crippen molar-refractivity contribution in [2.45, 2.75) is 24.1 Å². The number of aryl methyl sites for hydroxylation is 1. The van der Waals surface area contributed by atoms with Crippen molar-refractivity contribution < 1.29 is 9.90 Å². The van der Waals surface area contributed by atoms with Crippen molar-refractivity contribution in [1.29, 1.82) is 0 Å². The highest BCUT2D eigenvalue weighted by molar-refractivity contribution is 8.00. The van der Waals surface area contributed by atoms with Crippen LogP contribution in [0.4, 0.5) is 0 Å². The molecule has 2 aromatic rings. The molecule has 0 radical (unpaired) electrons. The molecule has 0 aliphatic rings. The SMILES string of the molecule is Cc1cc(SC(C)C(=O)O)n2ncnc2n1. The van der Waals surface area contributed by atoms with Gasteiger partial charge in [0.1, 0.15) is 16.6 Å². The summed E-state index contributed by atoms with van der Waals surface area (Å²) in [6.45, 7) is 3.47. The number of rotatable bonds is 3. The third-order valence-corrected chi connectivity index (χ3v) is 3.08. The number of carbonyl (C=O) groups is 1. The second-order valence-electron chi connectivity index (χ2n) is 3.31. The largest absolute Gasteiger partial charge is 0.480 e. The molecule has 0 aliphatic heterocycles. The first-order chi connectivity index (χ1) is 7.58. The molecule has 0 bridgehead atoms. The van der Waals surface area contributed by atoms with Gasteiger partial charge in [-0.1, -0.05) is 11.8 Å². The fraction of sp³-hybridized carbons (Fsp3) is 0.333. The first-order valence-electron chi connectivity index (χ1n) is 4.65. The Bertz CT molecular complexity index is 539. The lowest BCUT2D eigenvalue weighted by Crippen LogP contribution is -2.12. The van der Waals surface area contributed by atoms with Gasteiger partial charge in [0.25, 0.3) is 5.78 Å². The van der Waals surface area contributed by atoms with Gasteiger partial charge in [-0.25, -0.2) is 4.98 Å². The number of hydrogen-bond donors (Lipinski definition) is 1. The molecular formula is C9H10N4O2S. The van der Waals surface area contributed by atoms with Gasteiger partial charge in [-0.15, -0.1) is 0 Å². The highest BCUT2D eigenvalue weighted by Crippen LogP contribution is 2.23. The normalized spacial score (nSPS) is 12.9. The Morgan fingerprint density at radius 3 is 3.06 bits per heavy atom. The molecule has 6 nitrogen and oxygen atoms in total. The monoisotopic (exact) mass is 238 g/mol. The van der Waals surface area contributed by atoms with Gasteiger partial charge in [0, 0.05) is 5.69 Å². The van der Waals surface area contributed by atoms with Crippen LogP contribution in [0.2, 0.25) is 0 Å². The lowest BCUT2D eigenvalue weighted by molar-refractivity contribution is -0.136. The second-order valence-corrected chi connectivity index (χ2v) is 4.67. The molecule has 2 heterocycles. The maximum Gasteiger partial charge on any atom is 0.316 e. The molecule has 1 unspecified atom stereocenters. The number of aromatic nitrogens is 4. The molecule has 0 amide bonds. The quantitative estimate of drug-likeness (QED) is 0.634. The number of aliphatic carboxylic acids is 1. The van der Waals surface area contributed by atoms with E-state index in [4.69, 9.17) is 5.11 Å². The van der Waals surface area contributed by atoms with Gasteiger partial charge in [-0.05, 0) is 19.9 Å². The molecule has 0 saturated carbocycles. The van der Waals surface area contributed by atoms with Crippen molar-refractivity contribution in [3.05, 3.63) is 18.1 Å². The summed E-state index contributed by atoms with van der Waals surface area (Å²) in [5.41, 5.74) is 0.792. The summed E-state index contributed by atoms with van der Waals surface area (Å²) in [7, 11) is 0. The van der Waals surface area contributed by atoms with Crippen LogP contribution in [0.5, 0.6) is 0 Å². The number of fused-ring (bicyclic) bond motifs is 1. The van der Waals surface area contributed by atoms with E-state index in [1.165, 1.54) is 22.6 Å². The van der Waals surface area contributed by atoms with Gasteiger partial charge in [0.2, 0.25) is 0 Å². The Balaban J connectivity index is 2.42. The van der Waals surface area contributed by atoms with Crippen LogP contribution in [-0.4, -0.2) is 35.9 Å². The van der Waals surface area contributed by atoms with Gasteiger partial charge < -0.3 is 5.11 Å². The smallest absolute Gasteiger partial charge is 0.316 e. The van der Waals surface area contributed by atoms with Crippen LogP contribution in [0.3, 0.4) is 0 Å². The molecule has 2 aromatic heterocycles. The van der Waals surface area contributed by atoms with Gasteiger partial charge in [-0.2, -0.15) is 14.6 Å². The predicted molar refractivity (Wildman–Crippen MR) is 58.5 cm³/mol. The minimum absolute atomic E-state index is 0.486. The number of carboxylic acid groups (broad SMARTS) is 1. The number of thioether (sulfide) groups is 1. The summed E-state index contributed by atoms with van der Waals surface area (Å²) >= 11 is 1.22. The zero-order valence-corrected chi connectivity index (χ0v) is 9.60. The third-order valence-electron chi connectivity index (χ3n) is 1.99. The van der Waals surface area contributed by atoms with Crippen LogP contribution in [0.15, 0.2) is 17.4 Å². The Hall–Kier alpha value is -1.63. The van der Waals surface area contributed by atoms with Crippen molar-refractivity contribution in [3.8, 4) is 0 Å². The van der Waals surface area contributed by atoms with Crippen molar-refractivity contribution in [1.82, 2.24) is 19.6 Å². The number of hydrogen-bond acceptors (Lipinski definition) is 5. The highest BCUT2D eigenvalue weighted by Gasteiger charge is 2.15. The topological polar surface area (TPSA) is 80.4 Å². The molecule has 0 saturated heterocycles. The first kappa shape index (κ1) is 10.9. The molecule has 84 valence electrons. The fourth-order valence-corrected chi connectivity index (χ4v) is 2.14. The Labute approximate surface area is 95.7 Å². The van der Waals surface area contributed by atoms with E-state index >= 15 is 0 Å². The molecule has 0 aromatic carbocycles. The Kier molecular flexibility index (Phi) is 2.78. The summed E-state index contributed by atoms with van der Waals surface area (Å²) in [5.74, 6) is -0.368. The zero-order chi connectivity index (χ0) is 11.7. The molecule has 1 N–H and O–H groups in total. The molecule has 16 heavy (non-hydrogen) atoms. The summed E-state index contributed by atoms with van der Waals surface area (Å²) < 4.78 is 1.54. The van der Waals surface area contributed by atoms with Crippen molar-refractivity contribution in [3.63, 3.8) is 0 Å². The zero-order valence-electron chi connectivity index (χ0n) is 8.78. The van der Waals surface area contributed by atoms with Crippen LogP contribution in [-0.2, 0) is 4.79 Å².